The number of carbonyl (C=O) groups is 1. The molecule has 0 saturated carbocycles. The topological polar surface area (TPSA) is 38.7 Å². The molecule has 0 aliphatic carbocycles. The Morgan fingerprint density at radius 2 is 2.33 bits per heavy atom. The molecule has 0 radical (unpaired) electrons. The van der Waals surface area contributed by atoms with Crippen LogP contribution in [0.15, 0.2) is 4.99 Å². The highest BCUT2D eigenvalue weighted by molar-refractivity contribution is 9.10. The number of carbonyl (C=O) groups excluding carboxylic acids is 1. The normalized spacial score (nSPS) is 31.2. The molecule has 3 nitrogen and oxygen atoms in total. The van der Waals surface area contributed by atoms with Crippen molar-refractivity contribution in [3.63, 3.8) is 0 Å². The Balaban J connectivity index is 2.52. The van der Waals surface area contributed by atoms with Crippen LogP contribution in [-0.2, 0) is 9.53 Å². The molecule has 0 saturated heterocycles. The summed E-state index contributed by atoms with van der Waals surface area (Å²) in [6.07, 6.45) is 0. The lowest BCUT2D eigenvalue weighted by Gasteiger charge is -1.93. The molecule has 9 heavy (non-hydrogen) atoms. The molecule has 1 aliphatic heterocycles. The number of nitrogens with zero attached hydrogens (tertiary/aromatic N) is 1. The molecule has 1 rings (SSSR count). The van der Waals surface area contributed by atoms with E-state index in [1.807, 2.05) is 0 Å². The van der Waals surface area contributed by atoms with Gasteiger partial charge in [-0.3, -0.25) is 4.99 Å². The maximum atomic E-state index is 10.6. The molecule has 0 amide bonds. The highest BCUT2D eigenvalue weighted by Gasteiger charge is 2.45. The molecule has 50 valence electrons. The standard InChI is InChI=1S/C5H6BrNO2/c1-5(6)3(7-5)4(8)9-2/h1-2H3. The van der Waals surface area contributed by atoms with Gasteiger partial charge in [-0.2, -0.15) is 0 Å². The first-order valence-electron chi connectivity index (χ1n) is 2.45. The minimum Gasteiger partial charge on any atom is -0.464 e. The van der Waals surface area contributed by atoms with Gasteiger partial charge in [0.25, 0.3) is 0 Å². The lowest BCUT2D eigenvalue weighted by Crippen LogP contribution is -2.15. The number of hydrogen-bond acceptors (Lipinski definition) is 3. The minimum absolute atomic E-state index is 0.352. The van der Waals surface area contributed by atoms with Gasteiger partial charge in [-0.05, 0) is 6.92 Å². The largest absolute Gasteiger partial charge is 0.464 e. The molecule has 0 spiro atoms. The van der Waals surface area contributed by atoms with Crippen molar-refractivity contribution in [2.24, 2.45) is 4.99 Å². The van der Waals surface area contributed by atoms with E-state index in [2.05, 4.69) is 25.7 Å². The molecule has 4 heteroatoms. The summed E-state index contributed by atoms with van der Waals surface area (Å²) in [6.45, 7) is 1.79. The molecule has 0 bridgehead atoms. The lowest BCUT2D eigenvalue weighted by atomic mass is 10.3. The molecule has 0 N–H and O–H groups in total. The van der Waals surface area contributed by atoms with E-state index in [0.717, 1.165) is 0 Å². The third kappa shape index (κ3) is 1.13. The van der Waals surface area contributed by atoms with Crippen LogP contribution in [0, 0.1) is 0 Å². The third-order valence-electron chi connectivity index (χ3n) is 1.08. The smallest absolute Gasteiger partial charge is 0.355 e. The van der Waals surface area contributed by atoms with Gasteiger partial charge >= 0.3 is 5.97 Å². The highest BCUT2D eigenvalue weighted by Crippen LogP contribution is 2.34. The molecule has 0 aromatic heterocycles. The van der Waals surface area contributed by atoms with Crippen LogP contribution in [0.2, 0.25) is 0 Å². The molecule has 1 atom stereocenters. The van der Waals surface area contributed by atoms with Gasteiger partial charge in [-0.1, -0.05) is 15.9 Å². The van der Waals surface area contributed by atoms with Crippen LogP contribution in [-0.4, -0.2) is 23.2 Å². The number of rotatable bonds is 1. The highest BCUT2D eigenvalue weighted by atomic mass is 79.9. The number of alkyl halides is 1. The molecule has 0 fully saturated rings. The van der Waals surface area contributed by atoms with Crippen LogP contribution in [0.25, 0.3) is 0 Å². The number of hydrogen-bond donors (Lipinski definition) is 0. The summed E-state index contributed by atoms with van der Waals surface area (Å²) in [6, 6.07) is 0. The maximum Gasteiger partial charge on any atom is 0.355 e. The maximum absolute atomic E-state index is 10.6. The Morgan fingerprint density at radius 3 is 2.44 bits per heavy atom. The van der Waals surface area contributed by atoms with Gasteiger partial charge in [0.1, 0.15) is 0 Å². The van der Waals surface area contributed by atoms with Crippen LogP contribution in [0.5, 0.6) is 0 Å². The van der Waals surface area contributed by atoms with Crippen LogP contribution >= 0.6 is 15.9 Å². The van der Waals surface area contributed by atoms with Crippen molar-refractivity contribution < 1.29 is 9.53 Å². The monoisotopic (exact) mass is 191 g/mol. The van der Waals surface area contributed by atoms with E-state index >= 15 is 0 Å². The van der Waals surface area contributed by atoms with E-state index in [0.29, 0.717) is 5.71 Å². The van der Waals surface area contributed by atoms with E-state index in [-0.39, 0.29) is 5.97 Å². The molecule has 0 aromatic rings. The van der Waals surface area contributed by atoms with Crippen molar-refractivity contribution in [1.82, 2.24) is 0 Å². The predicted molar refractivity (Wildman–Crippen MR) is 36.8 cm³/mol. The van der Waals surface area contributed by atoms with E-state index in [4.69, 9.17) is 0 Å². The predicted octanol–water partition coefficient (Wildman–Crippen LogP) is 0.725. The molecule has 1 aliphatic rings. The van der Waals surface area contributed by atoms with Crippen LogP contribution < -0.4 is 0 Å². The van der Waals surface area contributed by atoms with E-state index in [9.17, 15) is 4.79 Å². The quantitative estimate of drug-likeness (QED) is 0.349. The molecule has 1 unspecified atom stereocenters. The molecule has 1 heterocycles. The van der Waals surface area contributed by atoms with Gasteiger partial charge in [0.2, 0.25) is 0 Å². The van der Waals surface area contributed by atoms with Gasteiger partial charge in [0, 0.05) is 0 Å². The lowest BCUT2D eigenvalue weighted by molar-refractivity contribution is -0.132. The first-order chi connectivity index (χ1) is 4.08. The summed E-state index contributed by atoms with van der Waals surface area (Å²) in [5.74, 6) is -0.352. The van der Waals surface area contributed by atoms with Crippen molar-refractivity contribution >= 4 is 27.6 Å². The van der Waals surface area contributed by atoms with Crippen LogP contribution in [0.3, 0.4) is 0 Å². The fourth-order valence-electron chi connectivity index (χ4n) is 0.511. The van der Waals surface area contributed by atoms with Gasteiger partial charge < -0.3 is 4.74 Å². The first-order valence-corrected chi connectivity index (χ1v) is 3.25. The molecule has 0 aromatic carbocycles. The number of methoxy groups -OCH3 is 1. The van der Waals surface area contributed by atoms with Crippen molar-refractivity contribution in [3.05, 3.63) is 0 Å². The number of ether oxygens (including phenoxy) is 1. The summed E-state index contributed by atoms with van der Waals surface area (Å²) in [5.41, 5.74) is 0.463. The van der Waals surface area contributed by atoms with Crippen molar-refractivity contribution in [2.75, 3.05) is 7.11 Å². The van der Waals surface area contributed by atoms with Gasteiger partial charge in [-0.15, -0.1) is 0 Å². The molecular weight excluding hydrogens is 186 g/mol. The summed E-state index contributed by atoms with van der Waals surface area (Å²) in [4.78, 5) is 14.4. The van der Waals surface area contributed by atoms with Crippen LogP contribution in [0.4, 0.5) is 0 Å². The second-order valence-electron chi connectivity index (χ2n) is 1.91. The Labute approximate surface area is 61.2 Å². The summed E-state index contributed by atoms with van der Waals surface area (Å²) in [5, 5.41) is 0. The van der Waals surface area contributed by atoms with Gasteiger partial charge in [-0.25, -0.2) is 4.79 Å². The number of halogens is 1. The minimum atomic E-state index is -0.430. The number of esters is 1. The Morgan fingerprint density at radius 1 is 1.89 bits per heavy atom. The zero-order valence-electron chi connectivity index (χ0n) is 5.14. The Bertz CT molecular complexity index is 185. The summed E-state index contributed by atoms with van der Waals surface area (Å²) in [7, 11) is 1.34. The summed E-state index contributed by atoms with van der Waals surface area (Å²) < 4.78 is 3.98. The second kappa shape index (κ2) is 1.80. The fourth-order valence-corrected chi connectivity index (χ4v) is 0.850. The Hall–Kier alpha value is -0.380. The average Bonchev–Trinajstić information content (AvgIpc) is 2.38. The van der Waals surface area contributed by atoms with Crippen molar-refractivity contribution in [2.45, 2.75) is 11.4 Å². The van der Waals surface area contributed by atoms with E-state index in [1.165, 1.54) is 7.11 Å². The molecular formula is C5H6BrNO2. The average molecular weight is 192 g/mol. The number of aliphatic imine (C=N–C) groups is 1. The second-order valence-corrected chi connectivity index (χ2v) is 3.45. The van der Waals surface area contributed by atoms with Crippen molar-refractivity contribution in [3.8, 4) is 0 Å². The van der Waals surface area contributed by atoms with Gasteiger partial charge in [0.05, 0.1) is 7.11 Å². The van der Waals surface area contributed by atoms with Crippen LogP contribution in [0.1, 0.15) is 6.92 Å². The van der Waals surface area contributed by atoms with Gasteiger partial charge in [0.15, 0.2) is 10.2 Å². The zero-order chi connectivity index (χ0) is 7.07. The van der Waals surface area contributed by atoms with E-state index in [1.54, 1.807) is 6.92 Å². The Kier molecular flexibility index (Phi) is 1.35. The first kappa shape index (κ1) is 6.74. The fraction of sp³-hybridized carbons (Fsp3) is 0.600. The zero-order valence-corrected chi connectivity index (χ0v) is 6.73. The third-order valence-corrected chi connectivity index (χ3v) is 1.64. The van der Waals surface area contributed by atoms with E-state index < -0.39 is 4.45 Å². The SMILES string of the molecule is COC(=O)C1=NC1(C)Br. The van der Waals surface area contributed by atoms with Crippen molar-refractivity contribution in [1.29, 1.82) is 0 Å². The summed E-state index contributed by atoms with van der Waals surface area (Å²) >= 11 is 3.19.